The Kier molecular flexibility index (Phi) is 12.1. The fourth-order valence-corrected chi connectivity index (χ4v) is 14.2. The lowest BCUT2D eigenvalue weighted by Crippen LogP contribution is -2.36. The van der Waals surface area contributed by atoms with Gasteiger partial charge in [0.05, 0.1) is 10.8 Å². The third-order valence-corrected chi connectivity index (χ3v) is 15.9. The number of carboxylic acid groups (broad SMARTS) is 2. The smallest absolute Gasteiger partial charge is 0.313 e. The molecule has 6 aromatic rings. The Bertz CT molecular complexity index is 2220. The molecule has 0 amide bonds. The van der Waals surface area contributed by atoms with E-state index in [9.17, 15) is 19.8 Å². The molecular weight excluding hydrogens is 751 g/mol. The van der Waals surface area contributed by atoms with Crippen molar-refractivity contribution in [2.24, 2.45) is 0 Å². The van der Waals surface area contributed by atoms with Crippen LogP contribution in [0.2, 0.25) is 0 Å². The van der Waals surface area contributed by atoms with Crippen molar-refractivity contribution in [1.29, 1.82) is 0 Å². The molecular formula is C52H56O4P2. The maximum atomic E-state index is 13.5. The molecule has 0 aliphatic heterocycles. The fourth-order valence-electron chi connectivity index (χ4n) is 8.42. The summed E-state index contributed by atoms with van der Waals surface area (Å²) in [6.45, 7) is 24.1. The summed E-state index contributed by atoms with van der Waals surface area (Å²) < 4.78 is 0. The fraction of sp³-hybridized carbons (Fsp3) is 0.269. The van der Waals surface area contributed by atoms with Gasteiger partial charge in [0, 0.05) is 0 Å². The highest BCUT2D eigenvalue weighted by Gasteiger charge is 2.40. The minimum atomic E-state index is -1.34. The first-order chi connectivity index (χ1) is 27.2. The molecule has 0 fully saturated rings. The summed E-state index contributed by atoms with van der Waals surface area (Å²) in [5, 5.41) is 28.8. The molecule has 0 atom stereocenters. The number of hydrogen-bond acceptors (Lipinski definition) is 2. The van der Waals surface area contributed by atoms with Crippen LogP contribution in [0, 0.1) is 55.4 Å². The van der Waals surface area contributed by atoms with Gasteiger partial charge in [-0.15, -0.1) is 0 Å². The molecule has 6 heteroatoms. The van der Waals surface area contributed by atoms with Crippen LogP contribution in [0.4, 0.5) is 0 Å². The first-order valence-corrected chi connectivity index (χ1v) is 22.5. The summed E-state index contributed by atoms with van der Waals surface area (Å²) in [5.74, 6) is -1.90. The second kappa shape index (κ2) is 16.4. The number of hydrogen-bond donors (Lipinski definition) is 2. The Balaban J connectivity index is 1.91. The normalized spacial score (nSPS) is 12.0. The highest BCUT2D eigenvalue weighted by molar-refractivity contribution is 7.80. The van der Waals surface area contributed by atoms with Gasteiger partial charge in [-0.3, -0.25) is 9.59 Å². The molecule has 0 bridgehead atoms. The van der Waals surface area contributed by atoms with Gasteiger partial charge in [-0.1, -0.05) is 154 Å². The molecule has 0 heterocycles. The van der Waals surface area contributed by atoms with Crippen molar-refractivity contribution in [2.75, 3.05) is 0 Å². The second-order valence-corrected chi connectivity index (χ2v) is 21.7. The van der Waals surface area contributed by atoms with Crippen LogP contribution in [-0.4, -0.2) is 22.2 Å². The lowest BCUT2D eigenvalue weighted by molar-refractivity contribution is -0.143. The van der Waals surface area contributed by atoms with E-state index < -0.39 is 38.6 Å². The molecule has 2 N–H and O–H groups in total. The third kappa shape index (κ3) is 8.47. The van der Waals surface area contributed by atoms with Gasteiger partial charge in [0.1, 0.15) is 0 Å². The molecule has 58 heavy (non-hydrogen) atoms. The zero-order chi connectivity index (χ0) is 42.4. The Morgan fingerprint density at radius 2 is 0.621 bits per heavy atom. The van der Waals surface area contributed by atoms with Gasteiger partial charge in [-0.2, -0.15) is 0 Å². The lowest BCUT2D eigenvalue weighted by atomic mass is 9.75. The van der Waals surface area contributed by atoms with Crippen LogP contribution in [0.25, 0.3) is 11.1 Å². The van der Waals surface area contributed by atoms with Gasteiger partial charge < -0.3 is 10.2 Å². The summed E-state index contributed by atoms with van der Waals surface area (Å²) >= 11 is 0. The van der Waals surface area contributed by atoms with Crippen LogP contribution in [-0.2, 0) is 20.4 Å². The van der Waals surface area contributed by atoms with Crippen molar-refractivity contribution in [2.45, 2.75) is 93.9 Å². The van der Waals surface area contributed by atoms with Gasteiger partial charge in [-0.25, -0.2) is 0 Å². The summed E-state index contributed by atoms with van der Waals surface area (Å²) in [4.78, 5) is 27.0. The summed E-state index contributed by atoms with van der Waals surface area (Å²) in [6.07, 6.45) is 0. The minimum Gasteiger partial charge on any atom is -0.481 e. The number of carboxylic acids is 2. The van der Waals surface area contributed by atoms with E-state index in [-0.39, 0.29) is 0 Å². The maximum Gasteiger partial charge on any atom is 0.313 e. The van der Waals surface area contributed by atoms with Crippen LogP contribution >= 0.6 is 15.8 Å². The van der Waals surface area contributed by atoms with Crippen LogP contribution in [0.1, 0.15) is 83.3 Å². The topological polar surface area (TPSA) is 74.6 Å². The van der Waals surface area contributed by atoms with Crippen molar-refractivity contribution in [3.63, 3.8) is 0 Å². The molecule has 6 rings (SSSR count). The number of benzene rings is 6. The summed E-state index contributed by atoms with van der Waals surface area (Å²) in [5.41, 5.74) is 9.45. The quantitative estimate of drug-likeness (QED) is 0.128. The van der Waals surface area contributed by atoms with Crippen LogP contribution in [0.5, 0.6) is 0 Å². The van der Waals surface area contributed by atoms with Gasteiger partial charge >= 0.3 is 11.9 Å². The van der Waals surface area contributed by atoms with Crippen molar-refractivity contribution >= 4 is 59.6 Å². The van der Waals surface area contributed by atoms with Crippen molar-refractivity contribution < 1.29 is 19.8 Å². The molecule has 6 aromatic carbocycles. The average molecular weight is 807 g/mol. The maximum absolute atomic E-state index is 13.5. The SMILES string of the molecule is Cc1cc(C)cc(P(c2cc(C)cc(C)c2)c2cccc(C(C)(C)C(=O)O)c2-c2c(P(c3cc(C)cc(C)c3)c3cc(C)cc(C)c3)cccc2C(C)(C)C(=O)O)c1. The Labute approximate surface area is 347 Å². The highest BCUT2D eigenvalue weighted by atomic mass is 31.1. The number of aryl methyl sites for hydroxylation is 8. The molecule has 0 aromatic heterocycles. The van der Waals surface area contributed by atoms with Gasteiger partial charge in [-0.05, 0) is 153 Å². The largest absolute Gasteiger partial charge is 0.481 e. The Morgan fingerprint density at radius 3 is 0.828 bits per heavy atom. The molecule has 298 valence electrons. The standard InChI is InChI=1S/C52H56O4P2/c1-31-19-32(2)24-39(23-31)57(40-25-33(3)20-34(4)26-40)45-17-13-15-43(51(9,10)49(53)54)47(45)48-44(52(11,12)50(55)56)16-14-18-46(48)58(41-27-35(5)21-36(6)28-41)42-29-37(7)22-38(8)30-42/h13-30H,1-12H3,(H,53,54)(H,55,56). The Hall–Kier alpha value is -4.88. The van der Waals surface area contributed by atoms with E-state index in [2.05, 4.69) is 140 Å². The Morgan fingerprint density at radius 1 is 0.397 bits per heavy atom. The molecule has 0 saturated carbocycles. The van der Waals surface area contributed by atoms with E-state index >= 15 is 0 Å². The second-order valence-electron chi connectivity index (χ2n) is 17.3. The number of carbonyl (C=O) groups is 2. The number of aliphatic carboxylic acids is 2. The molecule has 0 unspecified atom stereocenters. The molecule has 0 spiro atoms. The van der Waals surface area contributed by atoms with Gasteiger partial charge in [0.25, 0.3) is 0 Å². The zero-order valence-electron chi connectivity index (χ0n) is 36.0. The van der Waals surface area contributed by atoms with E-state index in [1.54, 1.807) is 27.7 Å². The predicted octanol–water partition coefficient (Wildman–Crippen LogP) is 10.1. The van der Waals surface area contributed by atoms with E-state index in [0.29, 0.717) is 11.1 Å². The molecule has 0 aliphatic carbocycles. The van der Waals surface area contributed by atoms with E-state index in [4.69, 9.17) is 0 Å². The third-order valence-electron chi connectivity index (χ3n) is 11.1. The van der Waals surface area contributed by atoms with Gasteiger partial charge in [0.15, 0.2) is 0 Å². The van der Waals surface area contributed by atoms with E-state index in [1.165, 1.54) is 0 Å². The van der Waals surface area contributed by atoms with Gasteiger partial charge in [0.2, 0.25) is 0 Å². The average Bonchev–Trinajstić information content (AvgIpc) is 3.10. The highest BCUT2D eigenvalue weighted by Crippen LogP contribution is 2.48. The van der Waals surface area contributed by atoms with Crippen LogP contribution in [0.3, 0.4) is 0 Å². The van der Waals surface area contributed by atoms with E-state index in [0.717, 1.165) is 87.5 Å². The molecule has 0 radical (unpaired) electrons. The molecule has 0 aliphatic rings. The first-order valence-electron chi connectivity index (χ1n) is 19.9. The zero-order valence-corrected chi connectivity index (χ0v) is 37.8. The molecule has 4 nitrogen and oxygen atoms in total. The monoisotopic (exact) mass is 806 g/mol. The predicted molar refractivity (Wildman–Crippen MR) is 249 cm³/mol. The lowest BCUT2D eigenvalue weighted by Gasteiger charge is -2.35. The van der Waals surface area contributed by atoms with Crippen molar-refractivity contribution in [3.8, 4) is 11.1 Å². The minimum absolute atomic E-state index is 0.657. The van der Waals surface area contributed by atoms with Crippen LogP contribution < -0.4 is 31.8 Å². The molecule has 0 saturated heterocycles. The first kappa shape index (κ1) is 42.7. The summed E-state index contributed by atoms with van der Waals surface area (Å²) in [7, 11) is -2.59. The van der Waals surface area contributed by atoms with Crippen molar-refractivity contribution in [3.05, 3.63) is 165 Å². The van der Waals surface area contributed by atoms with E-state index in [1.807, 2.05) is 24.3 Å². The van der Waals surface area contributed by atoms with Crippen molar-refractivity contribution in [1.82, 2.24) is 0 Å². The summed E-state index contributed by atoms with van der Waals surface area (Å²) in [6, 6.07) is 39.1. The van der Waals surface area contributed by atoms with Crippen LogP contribution in [0.15, 0.2) is 109 Å². The number of rotatable bonds is 11.